The van der Waals surface area contributed by atoms with Crippen molar-refractivity contribution in [3.63, 3.8) is 0 Å². The van der Waals surface area contributed by atoms with Crippen LogP contribution in [0.3, 0.4) is 0 Å². The summed E-state index contributed by atoms with van der Waals surface area (Å²) in [4.78, 5) is 24.1. The minimum absolute atomic E-state index is 0.0222. The first-order valence-electron chi connectivity index (χ1n) is 5.80. The van der Waals surface area contributed by atoms with Crippen LogP contribution in [0.5, 0.6) is 0 Å². The van der Waals surface area contributed by atoms with Crippen LogP contribution in [0.4, 0.5) is 0 Å². The van der Waals surface area contributed by atoms with Crippen LogP contribution in [-0.2, 0) is 14.3 Å². The number of rotatable bonds is 4. The molecule has 0 aromatic carbocycles. The first-order valence-corrected chi connectivity index (χ1v) is 5.80. The van der Waals surface area contributed by atoms with E-state index in [9.17, 15) is 9.59 Å². The normalized spacial score (nSPS) is 29.2. The lowest BCUT2D eigenvalue weighted by molar-refractivity contribution is -0.159. The molecule has 0 N–H and O–H groups in total. The summed E-state index contributed by atoms with van der Waals surface area (Å²) in [5, 5.41) is 0. The number of ketones is 1. The standard InChI is InChI=1S/C13H20O3/c1-5-16-12(15)13(8-9(2)3)7-6-10(4)11(13)14/h10H,2,5-8H2,1,3-4H3/t10-,13-/m1/s1. The van der Waals surface area contributed by atoms with E-state index in [1.165, 1.54) is 0 Å². The van der Waals surface area contributed by atoms with Gasteiger partial charge in [-0.1, -0.05) is 12.5 Å². The number of ether oxygens (including phenoxy) is 1. The quantitative estimate of drug-likeness (QED) is 0.418. The van der Waals surface area contributed by atoms with Crippen LogP contribution in [-0.4, -0.2) is 18.4 Å². The van der Waals surface area contributed by atoms with E-state index in [2.05, 4.69) is 6.58 Å². The van der Waals surface area contributed by atoms with E-state index in [1.54, 1.807) is 6.92 Å². The lowest BCUT2D eigenvalue weighted by Crippen LogP contribution is -2.38. The molecular formula is C13H20O3. The first kappa shape index (κ1) is 12.9. The van der Waals surface area contributed by atoms with Crippen LogP contribution in [0.15, 0.2) is 12.2 Å². The monoisotopic (exact) mass is 224 g/mol. The fraction of sp³-hybridized carbons (Fsp3) is 0.692. The summed E-state index contributed by atoms with van der Waals surface area (Å²) in [6.45, 7) is 9.60. The Bertz CT molecular complexity index is 319. The molecule has 1 fully saturated rings. The highest BCUT2D eigenvalue weighted by Gasteiger charge is 2.52. The van der Waals surface area contributed by atoms with Crippen LogP contribution in [0.25, 0.3) is 0 Å². The van der Waals surface area contributed by atoms with Gasteiger partial charge in [-0.25, -0.2) is 0 Å². The Balaban J connectivity index is 2.98. The van der Waals surface area contributed by atoms with E-state index in [1.807, 2.05) is 13.8 Å². The summed E-state index contributed by atoms with van der Waals surface area (Å²) < 4.78 is 5.05. The number of esters is 1. The van der Waals surface area contributed by atoms with E-state index < -0.39 is 5.41 Å². The molecule has 1 aliphatic rings. The Morgan fingerprint density at radius 2 is 2.25 bits per heavy atom. The zero-order chi connectivity index (χ0) is 12.3. The smallest absolute Gasteiger partial charge is 0.319 e. The van der Waals surface area contributed by atoms with Crippen LogP contribution < -0.4 is 0 Å². The molecule has 3 heteroatoms. The molecule has 0 unspecified atom stereocenters. The number of hydrogen-bond acceptors (Lipinski definition) is 3. The minimum atomic E-state index is -0.943. The lowest BCUT2D eigenvalue weighted by Gasteiger charge is -2.25. The van der Waals surface area contributed by atoms with Crippen molar-refractivity contribution in [2.24, 2.45) is 11.3 Å². The highest BCUT2D eigenvalue weighted by atomic mass is 16.5. The summed E-state index contributed by atoms with van der Waals surface area (Å²) >= 11 is 0. The van der Waals surface area contributed by atoms with Crippen LogP contribution in [0.2, 0.25) is 0 Å². The van der Waals surface area contributed by atoms with Crippen LogP contribution in [0, 0.1) is 11.3 Å². The maximum Gasteiger partial charge on any atom is 0.319 e. The van der Waals surface area contributed by atoms with Gasteiger partial charge in [0.15, 0.2) is 5.78 Å². The molecule has 1 saturated carbocycles. The fourth-order valence-corrected chi connectivity index (χ4v) is 2.42. The van der Waals surface area contributed by atoms with E-state index in [4.69, 9.17) is 4.74 Å². The maximum absolute atomic E-state index is 12.1. The van der Waals surface area contributed by atoms with E-state index in [0.717, 1.165) is 12.0 Å². The molecule has 0 bridgehead atoms. The fourth-order valence-electron chi connectivity index (χ4n) is 2.42. The molecule has 1 rings (SSSR count). The predicted octanol–water partition coefficient (Wildman–Crippen LogP) is 2.50. The van der Waals surface area contributed by atoms with Gasteiger partial charge in [0.1, 0.15) is 5.41 Å². The molecule has 0 aromatic rings. The molecule has 0 aliphatic heterocycles. The molecule has 0 aromatic heterocycles. The second-order valence-electron chi connectivity index (χ2n) is 4.74. The van der Waals surface area contributed by atoms with Crippen molar-refractivity contribution in [3.8, 4) is 0 Å². The molecule has 0 spiro atoms. The Labute approximate surface area is 96.9 Å². The number of allylic oxidation sites excluding steroid dienone is 1. The van der Waals surface area contributed by atoms with Gasteiger partial charge in [0.25, 0.3) is 0 Å². The minimum Gasteiger partial charge on any atom is -0.465 e. The van der Waals surface area contributed by atoms with Gasteiger partial charge in [0, 0.05) is 5.92 Å². The number of carbonyl (C=O) groups excluding carboxylic acids is 2. The second-order valence-corrected chi connectivity index (χ2v) is 4.74. The van der Waals surface area contributed by atoms with Crippen molar-refractivity contribution in [1.82, 2.24) is 0 Å². The van der Waals surface area contributed by atoms with Crippen molar-refractivity contribution in [1.29, 1.82) is 0 Å². The Kier molecular flexibility index (Phi) is 3.89. The predicted molar refractivity (Wildman–Crippen MR) is 61.9 cm³/mol. The largest absolute Gasteiger partial charge is 0.465 e. The van der Waals surface area contributed by atoms with Crippen molar-refractivity contribution in [2.75, 3.05) is 6.61 Å². The molecule has 0 heterocycles. The third-order valence-corrected chi connectivity index (χ3v) is 3.19. The van der Waals surface area contributed by atoms with Gasteiger partial charge in [-0.15, -0.1) is 6.58 Å². The summed E-state index contributed by atoms with van der Waals surface area (Å²) in [5.74, 6) is -0.384. The molecular weight excluding hydrogens is 204 g/mol. The third-order valence-electron chi connectivity index (χ3n) is 3.19. The Hall–Kier alpha value is -1.12. The van der Waals surface area contributed by atoms with Crippen molar-refractivity contribution in [2.45, 2.75) is 40.0 Å². The van der Waals surface area contributed by atoms with Gasteiger partial charge in [0.2, 0.25) is 0 Å². The third kappa shape index (κ3) is 2.18. The van der Waals surface area contributed by atoms with Gasteiger partial charge in [-0.3, -0.25) is 9.59 Å². The molecule has 16 heavy (non-hydrogen) atoms. The summed E-state index contributed by atoms with van der Waals surface area (Å²) in [5.41, 5.74) is -0.0862. The zero-order valence-electron chi connectivity index (χ0n) is 10.3. The summed E-state index contributed by atoms with van der Waals surface area (Å²) in [7, 11) is 0. The molecule has 2 atom stereocenters. The second kappa shape index (κ2) is 4.81. The Morgan fingerprint density at radius 3 is 2.62 bits per heavy atom. The van der Waals surface area contributed by atoms with Crippen molar-refractivity contribution < 1.29 is 14.3 Å². The van der Waals surface area contributed by atoms with E-state index in [-0.39, 0.29) is 17.7 Å². The molecule has 3 nitrogen and oxygen atoms in total. The summed E-state index contributed by atoms with van der Waals surface area (Å²) in [6.07, 6.45) is 1.79. The molecule has 0 saturated heterocycles. The zero-order valence-corrected chi connectivity index (χ0v) is 10.3. The van der Waals surface area contributed by atoms with Crippen molar-refractivity contribution >= 4 is 11.8 Å². The van der Waals surface area contributed by atoms with Gasteiger partial charge in [0.05, 0.1) is 6.61 Å². The molecule has 0 radical (unpaired) electrons. The lowest BCUT2D eigenvalue weighted by atomic mass is 9.78. The molecule has 0 amide bonds. The maximum atomic E-state index is 12.1. The average Bonchev–Trinajstić information content (AvgIpc) is 2.47. The SMILES string of the molecule is C=C(C)C[C@]1(C(=O)OCC)CC[C@@H](C)C1=O. The first-order chi connectivity index (χ1) is 7.44. The van der Waals surface area contributed by atoms with Gasteiger partial charge in [-0.2, -0.15) is 0 Å². The van der Waals surface area contributed by atoms with Gasteiger partial charge < -0.3 is 4.74 Å². The number of Topliss-reactive ketones (excluding diaryl/α,β-unsaturated/α-hetero) is 1. The topological polar surface area (TPSA) is 43.4 Å². The molecule has 90 valence electrons. The number of hydrogen-bond donors (Lipinski definition) is 0. The van der Waals surface area contributed by atoms with Gasteiger partial charge >= 0.3 is 5.97 Å². The van der Waals surface area contributed by atoms with Crippen molar-refractivity contribution in [3.05, 3.63) is 12.2 Å². The average molecular weight is 224 g/mol. The van der Waals surface area contributed by atoms with E-state index in [0.29, 0.717) is 19.4 Å². The van der Waals surface area contributed by atoms with Crippen LogP contribution >= 0.6 is 0 Å². The van der Waals surface area contributed by atoms with Gasteiger partial charge in [-0.05, 0) is 33.1 Å². The highest BCUT2D eigenvalue weighted by Crippen LogP contribution is 2.43. The van der Waals surface area contributed by atoms with Crippen LogP contribution in [0.1, 0.15) is 40.0 Å². The number of carbonyl (C=O) groups is 2. The summed E-state index contributed by atoms with van der Waals surface area (Å²) in [6, 6.07) is 0. The highest BCUT2D eigenvalue weighted by molar-refractivity contribution is 6.06. The Morgan fingerprint density at radius 1 is 1.62 bits per heavy atom. The van der Waals surface area contributed by atoms with E-state index >= 15 is 0 Å². The molecule has 1 aliphatic carbocycles.